The van der Waals surface area contributed by atoms with Crippen LogP contribution in [0.4, 0.5) is 5.82 Å². The van der Waals surface area contributed by atoms with Crippen LogP contribution in [-0.4, -0.2) is 35.0 Å². The maximum Gasteiger partial charge on any atom is 0.256 e. The predicted octanol–water partition coefficient (Wildman–Crippen LogP) is 5.05. The van der Waals surface area contributed by atoms with E-state index in [1.54, 1.807) is 53.3 Å². The van der Waals surface area contributed by atoms with Crippen LogP contribution in [0.3, 0.4) is 0 Å². The van der Waals surface area contributed by atoms with Crippen LogP contribution in [0.25, 0.3) is 0 Å². The molecule has 3 aromatic rings. The van der Waals surface area contributed by atoms with Gasteiger partial charge in [0, 0.05) is 28.3 Å². The maximum absolute atomic E-state index is 12.7. The Morgan fingerprint density at radius 2 is 2.03 bits per heavy atom. The molecule has 1 amide bonds. The van der Waals surface area contributed by atoms with Crippen LogP contribution in [-0.2, 0) is 11.3 Å². The number of rotatable bonds is 7. The molecule has 30 heavy (non-hydrogen) atoms. The number of ether oxygens (including phenoxy) is 2. The zero-order valence-corrected chi connectivity index (χ0v) is 17.7. The lowest BCUT2D eigenvalue weighted by atomic mass is 10.2. The maximum atomic E-state index is 12.7. The fourth-order valence-corrected chi connectivity index (χ4v) is 3.70. The van der Waals surface area contributed by atoms with E-state index in [0.29, 0.717) is 40.3 Å². The number of carbonyl (C=O) groups excluding carboxylic acids is 1. The molecule has 0 spiro atoms. The zero-order valence-electron chi connectivity index (χ0n) is 16.2. The van der Waals surface area contributed by atoms with Gasteiger partial charge in [0.25, 0.3) is 5.91 Å². The molecule has 0 radical (unpaired) electrons. The van der Waals surface area contributed by atoms with Crippen molar-refractivity contribution in [1.82, 2.24) is 9.78 Å². The van der Waals surface area contributed by atoms with Gasteiger partial charge in [-0.15, -0.1) is 0 Å². The molecule has 2 heterocycles. The Morgan fingerprint density at radius 3 is 2.77 bits per heavy atom. The van der Waals surface area contributed by atoms with Gasteiger partial charge >= 0.3 is 0 Å². The quantitative estimate of drug-likeness (QED) is 0.552. The Kier molecular flexibility index (Phi) is 6.57. The number of benzene rings is 2. The molecule has 1 aromatic heterocycles. The van der Waals surface area contributed by atoms with Gasteiger partial charge in [-0.25, -0.2) is 4.68 Å². The molecule has 0 aliphatic carbocycles. The second kappa shape index (κ2) is 9.51. The van der Waals surface area contributed by atoms with Crippen molar-refractivity contribution < 1.29 is 14.3 Å². The van der Waals surface area contributed by atoms with Gasteiger partial charge in [-0.05, 0) is 54.8 Å². The number of nitrogens with zero attached hydrogens (tertiary/aromatic N) is 2. The summed E-state index contributed by atoms with van der Waals surface area (Å²) in [6, 6.07) is 14.1. The number of hydrogen-bond donors (Lipinski definition) is 1. The summed E-state index contributed by atoms with van der Waals surface area (Å²) < 4.78 is 13.0. The number of halogens is 2. The fraction of sp³-hybridized carbons (Fsp3) is 0.273. The predicted molar refractivity (Wildman–Crippen MR) is 117 cm³/mol. The highest BCUT2D eigenvalue weighted by Crippen LogP contribution is 2.23. The minimum absolute atomic E-state index is 0.155. The molecule has 6 nitrogen and oxygen atoms in total. The number of carbonyl (C=O) groups is 1. The van der Waals surface area contributed by atoms with Crippen LogP contribution in [0.1, 0.15) is 28.8 Å². The minimum Gasteiger partial charge on any atom is -0.491 e. The Hall–Kier alpha value is -2.54. The number of hydrogen-bond acceptors (Lipinski definition) is 4. The normalized spacial score (nSPS) is 15.9. The first-order chi connectivity index (χ1) is 14.6. The molecule has 156 valence electrons. The summed E-state index contributed by atoms with van der Waals surface area (Å²) in [4.78, 5) is 12.7. The standard InChI is InChI=1S/C22H21Cl2N3O3/c23-17-6-3-16(20(24)12-17)13-27-21(9-10-25-27)26-22(28)15-4-7-18(8-5-15)30-14-19-2-1-11-29-19/h3-10,12,19H,1-2,11,13-14H2,(H,26,28)/t19-/m1/s1. The smallest absolute Gasteiger partial charge is 0.256 e. The molecule has 1 aliphatic rings. The lowest BCUT2D eigenvalue weighted by Gasteiger charge is -2.12. The summed E-state index contributed by atoms with van der Waals surface area (Å²) in [5, 5.41) is 8.28. The summed E-state index contributed by atoms with van der Waals surface area (Å²) in [7, 11) is 0. The number of amides is 1. The van der Waals surface area contributed by atoms with E-state index in [9.17, 15) is 4.79 Å². The van der Waals surface area contributed by atoms with Gasteiger partial charge in [0.2, 0.25) is 0 Å². The van der Waals surface area contributed by atoms with Gasteiger partial charge < -0.3 is 14.8 Å². The summed E-state index contributed by atoms with van der Waals surface area (Å²) in [5.74, 6) is 1.05. The Labute approximate surface area is 184 Å². The average molecular weight is 446 g/mol. The van der Waals surface area contributed by atoms with E-state index >= 15 is 0 Å². The van der Waals surface area contributed by atoms with Crippen molar-refractivity contribution in [3.8, 4) is 5.75 Å². The Balaban J connectivity index is 1.37. The topological polar surface area (TPSA) is 65.4 Å². The largest absolute Gasteiger partial charge is 0.491 e. The highest BCUT2D eigenvalue weighted by molar-refractivity contribution is 6.35. The van der Waals surface area contributed by atoms with E-state index < -0.39 is 0 Å². The van der Waals surface area contributed by atoms with Crippen LogP contribution in [0, 0.1) is 0 Å². The van der Waals surface area contributed by atoms with E-state index in [0.717, 1.165) is 25.0 Å². The fourth-order valence-electron chi connectivity index (χ4n) is 3.23. The molecule has 4 rings (SSSR count). The Morgan fingerprint density at radius 1 is 1.20 bits per heavy atom. The lowest BCUT2D eigenvalue weighted by Crippen LogP contribution is -2.17. The van der Waals surface area contributed by atoms with Gasteiger partial charge in [-0.1, -0.05) is 29.3 Å². The zero-order chi connectivity index (χ0) is 20.9. The van der Waals surface area contributed by atoms with E-state index in [-0.39, 0.29) is 12.0 Å². The molecule has 8 heteroatoms. The van der Waals surface area contributed by atoms with Crippen LogP contribution in [0.2, 0.25) is 10.0 Å². The molecule has 1 aliphatic heterocycles. The van der Waals surface area contributed by atoms with Gasteiger partial charge in [-0.3, -0.25) is 4.79 Å². The first-order valence-electron chi connectivity index (χ1n) is 9.70. The molecule has 1 saturated heterocycles. The van der Waals surface area contributed by atoms with E-state index in [1.807, 2.05) is 6.07 Å². The van der Waals surface area contributed by atoms with Gasteiger partial charge in [0.15, 0.2) is 0 Å². The summed E-state index contributed by atoms with van der Waals surface area (Å²) in [6.45, 7) is 1.74. The van der Waals surface area contributed by atoms with Crippen molar-refractivity contribution >= 4 is 34.9 Å². The van der Waals surface area contributed by atoms with Crippen molar-refractivity contribution in [2.75, 3.05) is 18.5 Å². The molecule has 0 unspecified atom stereocenters. The van der Waals surface area contributed by atoms with Crippen molar-refractivity contribution in [3.05, 3.63) is 75.9 Å². The second-order valence-electron chi connectivity index (χ2n) is 7.03. The third-order valence-electron chi connectivity index (χ3n) is 4.87. The van der Waals surface area contributed by atoms with Crippen LogP contribution in [0.15, 0.2) is 54.7 Å². The van der Waals surface area contributed by atoms with Crippen LogP contribution < -0.4 is 10.1 Å². The van der Waals surface area contributed by atoms with Crippen LogP contribution in [0.5, 0.6) is 5.75 Å². The Bertz CT molecular complexity index is 1010. The number of nitrogens with one attached hydrogen (secondary N) is 1. The summed E-state index contributed by atoms with van der Waals surface area (Å²) in [5.41, 5.74) is 1.38. The van der Waals surface area contributed by atoms with Crippen molar-refractivity contribution in [2.24, 2.45) is 0 Å². The molecule has 0 bridgehead atoms. The minimum atomic E-state index is -0.232. The lowest BCUT2D eigenvalue weighted by molar-refractivity contribution is 0.0679. The SMILES string of the molecule is O=C(Nc1ccnn1Cc1ccc(Cl)cc1Cl)c1ccc(OC[C@H]2CCCO2)cc1. The van der Waals surface area contributed by atoms with E-state index in [2.05, 4.69) is 10.4 Å². The molecule has 1 N–H and O–H groups in total. The molecular weight excluding hydrogens is 425 g/mol. The third-order valence-corrected chi connectivity index (χ3v) is 5.46. The van der Waals surface area contributed by atoms with Gasteiger partial charge in [0.05, 0.1) is 18.8 Å². The van der Waals surface area contributed by atoms with Crippen molar-refractivity contribution in [2.45, 2.75) is 25.5 Å². The number of anilines is 1. The molecule has 0 saturated carbocycles. The van der Waals surface area contributed by atoms with Gasteiger partial charge in [-0.2, -0.15) is 5.10 Å². The summed E-state index contributed by atoms with van der Waals surface area (Å²) >= 11 is 12.2. The second-order valence-corrected chi connectivity index (χ2v) is 7.88. The summed E-state index contributed by atoms with van der Waals surface area (Å²) in [6.07, 6.45) is 3.88. The first-order valence-corrected chi connectivity index (χ1v) is 10.5. The van der Waals surface area contributed by atoms with Crippen molar-refractivity contribution in [1.29, 1.82) is 0 Å². The van der Waals surface area contributed by atoms with E-state index in [1.165, 1.54) is 0 Å². The van der Waals surface area contributed by atoms with Crippen molar-refractivity contribution in [3.63, 3.8) is 0 Å². The average Bonchev–Trinajstić information content (AvgIpc) is 3.41. The molecular formula is C22H21Cl2N3O3. The first kappa shape index (κ1) is 20.7. The highest BCUT2D eigenvalue weighted by atomic mass is 35.5. The molecule has 1 fully saturated rings. The van der Waals surface area contributed by atoms with E-state index in [4.69, 9.17) is 32.7 Å². The van der Waals surface area contributed by atoms with Crippen LogP contribution >= 0.6 is 23.2 Å². The number of aromatic nitrogens is 2. The van der Waals surface area contributed by atoms with Gasteiger partial charge in [0.1, 0.15) is 18.2 Å². The molecule has 1 atom stereocenters. The third kappa shape index (κ3) is 5.14. The monoisotopic (exact) mass is 445 g/mol. The molecule has 2 aromatic carbocycles. The highest BCUT2D eigenvalue weighted by Gasteiger charge is 2.16.